The summed E-state index contributed by atoms with van der Waals surface area (Å²) in [5.74, 6) is -0.405. The van der Waals surface area contributed by atoms with Crippen molar-refractivity contribution in [1.29, 1.82) is 0 Å². The second-order valence-corrected chi connectivity index (χ2v) is 6.26. The molecule has 8 heteroatoms. The molecule has 28 heavy (non-hydrogen) atoms. The Balaban J connectivity index is 1.61. The predicted molar refractivity (Wildman–Crippen MR) is 106 cm³/mol. The quantitative estimate of drug-likeness (QED) is 0.291. The summed E-state index contributed by atoms with van der Waals surface area (Å²) in [7, 11) is 1.60. The SMILES string of the molecule is CN(CCCNc1cc(=O)oc2ccccc12)C(=O)c1ccccc1[N+](=O)[O-]. The molecule has 0 spiro atoms. The lowest BCUT2D eigenvalue weighted by atomic mass is 10.1. The van der Waals surface area contributed by atoms with Gasteiger partial charge in [-0.25, -0.2) is 4.79 Å². The minimum absolute atomic E-state index is 0.0645. The van der Waals surface area contributed by atoms with E-state index in [0.29, 0.717) is 30.8 Å². The topological polar surface area (TPSA) is 106 Å². The van der Waals surface area contributed by atoms with Crippen LogP contribution in [0.3, 0.4) is 0 Å². The van der Waals surface area contributed by atoms with Gasteiger partial charge < -0.3 is 14.6 Å². The van der Waals surface area contributed by atoms with Crippen molar-refractivity contribution in [1.82, 2.24) is 4.90 Å². The number of carbonyl (C=O) groups excluding carboxylic acids is 1. The third-order valence-electron chi connectivity index (χ3n) is 4.31. The van der Waals surface area contributed by atoms with Crippen molar-refractivity contribution in [3.63, 3.8) is 0 Å². The smallest absolute Gasteiger partial charge is 0.338 e. The van der Waals surface area contributed by atoms with Gasteiger partial charge in [-0.15, -0.1) is 0 Å². The van der Waals surface area contributed by atoms with Crippen molar-refractivity contribution < 1.29 is 14.1 Å². The number of nitro benzene ring substituents is 1. The maximum absolute atomic E-state index is 12.5. The molecule has 0 atom stereocenters. The number of carbonyl (C=O) groups is 1. The number of anilines is 1. The summed E-state index contributed by atoms with van der Waals surface area (Å²) in [4.78, 5) is 36.1. The van der Waals surface area contributed by atoms with Crippen LogP contribution in [-0.4, -0.2) is 35.9 Å². The average Bonchev–Trinajstić information content (AvgIpc) is 2.70. The number of rotatable bonds is 7. The number of hydrogen-bond donors (Lipinski definition) is 1. The number of para-hydroxylation sites is 2. The molecule has 0 aliphatic carbocycles. The van der Waals surface area contributed by atoms with E-state index in [-0.39, 0.29) is 11.3 Å². The molecule has 0 saturated heterocycles. The summed E-state index contributed by atoms with van der Waals surface area (Å²) < 4.78 is 5.15. The van der Waals surface area contributed by atoms with Gasteiger partial charge in [-0.2, -0.15) is 0 Å². The van der Waals surface area contributed by atoms with Crippen LogP contribution in [0.2, 0.25) is 0 Å². The highest BCUT2D eigenvalue weighted by Gasteiger charge is 2.21. The highest BCUT2D eigenvalue weighted by molar-refractivity contribution is 5.98. The van der Waals surface area contributed by atoms with Crippen LogP contribution < -0.4 is 10.9 Å². The predicted octanol–water partition coefficient (Wildman–Crippen LogP) is 3.28. The molecule has 0 saturated carbocycles. The lowest BCUT2D eigenvalue weighted by Gasteiger charge is -2.17. The first kappa shape index (κ1) is 19.1. The van der Waals surface area contributed by atoms with Crippen LogP contribution in [0.25, 0.3) is 11.0 Å². The van der Waals surface area contributed by atoms with Gasteiger partial charge in [0.25, 0.3) is 11.6 Å². The van der Waals surface area contributed by atoms with Crippen molar-refractivity contribution in [3.8, 4) is 0 Å². The highest BCUT2D eigenvalue weighted by atomic mass is 16.6. The van der Waals surface area contributed by atoms with Crippen molar-refractivity contribution in [2.45, 2.75) is 6.42 Å². The van der Waals surface area contributed by atoms with Crippen LogP contribution in [0, 0.1) is 10.1 Å². The molecule has 0 aliphatic heterocycles. The molecule has 1 heterocycles. The Morgan fingerprint density at radius 1 is 1.18 bits per heavy atom. The first-order valence-corrected chi connectivity index (χ1v) is 8.73. The van der Waals surface area contributed by atoms with Gasteiger partial charge in [0.1, 0.15) is 11.1 Å². The molecule has 1 aromatic heterocycles. The lowest BCUT2D eigenvalue weighted by Crippen LogP contribution is -2.29. The van der Waals surface area contributed by atoms with Crippen LogP contribution in [0.15, 0.2) is 63.8 Å². The fraction of sp³-hybridized carbons (Fsp3) is 0.200. The molecule has 1 N–H and O–H groups in total. The second kappa shape index (κ2) is 8.34. The zero-order valence-electron chi connectivity index (χ0n) is 15.3. The third kappa shape index (κ3) is 4.17. The zero-order valence-corrected chi connectivity index (χ0v) is 15.3. The molecule has 3 rings (SSSR count). The minimum Gasteiger partial charge on any atom is -0.423 e. The number of amides is 1. The number of fused-ring (bicyclic) bond motifs is 1. The molecular weight excluding hydrogens is 362 g/mol. The van der Waals surface area contributed by atoms with E-state index in [2.05, 4.69) is 5.32 Å². The zero-order chi connectivity index (χ0) is 20.1. The normalized spacial score (nSPS) is 10.6. The summed E-state index contributed by atoms with van der Waals surface area (Å²) in [5.41, 5.74) is 0.583. The molecule has 144 valence electrons. The van der Waals surface area contributed by atoms with E-state index in [9.17, 15) is 19.7 Å². The van der Waals surface area contributed by atoms with Gasteiger partial charge in [0.15, 0.2) is 0 Å². The van der Waals surface area contributed by atoms with E-state index in [4.69, 9.17) is 4.42 Å². The molecule has 8 nitrogen and oxygen atoms in total. The van der Waals surface area contributed by atoms with Gasteiger partial charge in [0.2, 0.25) is 0 Å². The lowest BCUT2D eigenvalue weighted by molar-refractivity contribution is -0.385. The number of nitrogens with zero attached hydrogens (tertiary/aromatic N) is 2. The van der Waals surface area contributed by atoms with Gasteiger partial charge in [-0.1, -0.05) is 24.3 Å². The van der Waals surface area contributed by atoms with E-state index >= 15 is 0 Å². The van der Waals surface area contributed by atoms with Crippen molar-refractivity contribution >= 4 is 28.3 Å². The Morgan fingerprint density at radius 2 is 1.89 bits per heavy atom. The Bertz CT molecular complexity index is 1080. The van der Waals surface area contributed by atoms with Gasteiger partial charge in [-0.05, 0) is 24.6 Å². The summed E-state index contributed by atoms with van der Waals surface area (Å²) in [5, 5.41) is 15.1. The van der Waals surface area contributed by atoms with Gasteiger partial charge in [0, 0.05) is 37.7 Å². The summed E-state index contributed by atoms with van der Waals surface area (Å²) in [6.07, 6.45) is 0.595. The van der Waals surface area contributed by atoms with Crippen molar-refractivity contribution in [2.75, 3.05) is 25.5 Å². The number of nitro groups is 1. The Morgan fingerprint density at radius 3 is 2.68 bits per heavy atom. The maximum Gasteiger partial charge on any atom is 0.338 e. The summed E-state index contributed by atoms with van der Waals surface area (Å²) in [6.45, 7) is 0.916. The van der Waals surface area contributed by atoms with Crippen LogP contribution in [-0.2, 0) is 0 Å². The van der Waals surface area contributed by atoms with E-state index in [1.807, 2.05) is 12.1 Å². The molecule has 3 aromatic rings. The Labute approximate surface area is 160 Å². The maximum atomic E-state index is 12.5. The first-order valence-electron chi connectivity index (χ1n) is 8.73. The molecule has 2 aromatic carbocycles. The molecule has 1 amide bonds. The molecule has 0 aliphatic rings. The minimum atomic E-state index is -0.561. The first-order chi connectivity index (χ1) is 13.5. The third-order valence-corrected chi connectivity index (χ3v) is 4.31. The van der Waals surface area contributed by atoms with E-state index in [1.54, 1.807) is 25.2 Å². The fourth-order valence-corrected chi connectivity index (χ4v) is 2.92. The van der Waals surface area contributed by atoms with Gasteiger partial charge >= 0.3 is 5.63 Å². The van der Waals surface area contributed by atoms with Crippen LogP contribution in [0.5, 0.6) is 0 Å². The van der Waals surface area contributed by atoms with Crippen molar-refractivity contribution in [3.05, 3.63) is 80.7 Å². The molecule has 0 radical (unpaired) electrons. The van der Waals surface area contributed by atoms with Crippen LogP contribution in [0.1, 0.15) is 16.8 Å². The molecule has 0 fully saturated rings. The monoisotopic (exact) mass is 381 g/mol. The standard InChI is InChI=1S/C20H19N3O5/c1-22(20(25)15-8-2-4-9-17(15)23(26)27)12-6-11-21-16-13-19(24)28-18-10-5-3-7-14(16)18/h2-5,7-10,13,21H,6,11-12H2,1H3. The number of benzene rings is 2. The molecular formula is C20H19N3O5. The van der Waals surface area contributed by atoms with E-state index in [0.717, 1.165) is 5.39 Å². The van der Waals surface area contributed by atoms with Crippen molar-refractivity contribution in [2.24, 2.45) is 0 Å². The Hall–Kier alpha value is -3.68. The Kier molecular flexibility index (Phi) is 5.69. The molecule has 0 unspecified atom stereocenters. The van der Waals surface area contributed by atoms with Crippen LogP contribution >= 0.6 is 0 Å². The van der Waals surface area contributed by atoms with Gasteiger partial charge in [-0.3, -0.25) is 14.9 Å². The number of nitrogens with one attached hydrogen (secondary N) is 1. The molecule has 0 bridgehead atoms. The van der Waals surface area contributed by atoms with E-state index in [1.165, 1.54) is 29.2 Å². The fourth-order valence-electron chi connectivity index (χ4n) is 2.92. The summed E-state index contributed by atoms with van der Waals surface area (Å²) >= 11 is 0. The van der Waals surface area contributed by atoms with Crippen LogP contribution in [0.4, 0.5) is 11.4 Å². The number of hydrogen-bond acceptors (Lipinski definition) is 6. The summed E-state index contributed by atoms with van der Waals surface area (Å²) in [6, 6.07) is 14.5. The largest absolute Gasteiger partial charge is 0.423 e. The second-order valence-electron chi connectivity index (χ2n) is 6.26. The van der Waals surface area contributed by atoms with Gasteiger partial charge in [0.05, 0.1) is 10.6 Å². The highest BCUT2D eigenvalue weighted by Crippen LogP contribution is 2.21. The average molecular weight is 381 g/mol. The van der Waals surface area contributed by atoms with E-state index < -0.39 is 16.5 Å².